The first-order chi connectivity index (χ1) is 11.1. The van der Waals surface area contributed by atoms with Crippen LogP contribution in [-0.2, 0) is 19.1 Å². The van der Waals surface area contributed by atoms with Crippen molar-refractivity contribution in [2.24, 2.45) is 10.5 Å². The van der Waals surface area contributed by atoms with Crippen LogP contribution in [0.2, 0.25) is 0 Å². The zero-order chi connectivity index (χ0) is 16.9. The van der Waals surface area contributed by atoms with Crippen LogP contribution < -0.4 is 5.43 Å². The number of nitrogens with zero attached hydrogens (tertiary/aromatic N) is 1. The molecule has 0 spiro atoms. The van der Waals surface area contributed by atoms with Gasteiger partial charge in [0, 0.05) is 11.8 Å². The Balaban J connectivity index is 2.64. The van der Waals surface area contributed by atoms with Gasteiger partial charge in [-0.3, -0.25) is 5.43 Å². The predicted octanol–water partition coefficient (Wildman–Crippen LogP) is 2.45. The van der Waals surface area contributed by atoms with Crippen LogP contribution in [0, 0.1) is 5.41 Å². The topological polar surface area (TPSA) is 77.0 Å². The lowest BCUT2D eigenvalue weighted by Crippen LogP contribution is -2.49. The van der Waals surface area contributed by atoms with Gasteiger partial charge in [-0.2, -0.15) is 5.10 Å². The fraction of sp³-hybridized carbons (Fsp3) is 0.312. The van der Waals surface area contributed by atoms with Gasteiger partial charge in [0.25, 0.3) is 0 Å². The molecular formula is C16H17BrN2O4. The molecule has 0 saturated heterocycles. The minimum Gasteiger partial charge on any atom is -0.465 e. The quantitative estimate of drug-likeness (QED) is 0.626. The Kier molecular flexibility index (Phi) is 5.54. The number of hydrogen-bond donors (Lipinski definition) is 1. The minimum atomic E-state index is -1.78. The molecule has 0 fully saturated rings. The molecule has 1 aromatic rings. The van der Waals surface area contributed by atoms with E-state index in [1.165, 1.54) is 6.20 Å². The highest BCUT2D eigenvalue weighted by molar-refractivity contribution is 9.18. The van der Waals surface area contributed by atoms with Crippen LogP contribution in [0.1, 0.15) is 19.4 Å². The van der Waals surface area contributed by atoms with Gasteiger partial charge in [0.1, 0.15) is 4.62 Å². The molecule has 1 aliphatic rings. The molecule has 0 radical (unpaired) electrons. The molecule has 1 aromatic carbocycles. The number of benzene rings is 1. The molecule has 0 aliphatic carbocycles. The number of nitrogens with one attached hydrogen (secondary N) is 1. The van der Waals surface area contributed by atoms with E-state index < -0.39 is 17.4 Å². The summed E-state index contributed by atoms with van der Waals surface area (Å²) in [6, 6.07) is 9.08. The van der Waals surface area contributed by atoms with E-state index in [1.807, 2.05) is 18.2 Å². The van der Waals surface area contributed by atoms with E-state index in [1.54, 1.807) is 26.0 Å². The second-order valence-electron chi connectivity index (χ2n) is 4.65. The van der Waals surface area contributed by atoms with Gasteiger partial charge >= 0.3 is 11.9 Å². The lowest BCUT2D eigenvalue weighted by molar-refractivity contribution is -0.162. The average molecular weight is 381 g/mol. The van der Waals surface area contributed by atoms with Gasteiger partial charge in [0.15, 0.2) is 0 Å². The van der Waals surface area contributed by atoms with Crippen molar-refractivity contribution in [1.29, 1.82) is 0 Å². The van der Waals surface area contributed by atoms with Crippen molar-refractivity contribution >= 4 is 38.1 Å². The van der Waals surface area contributed by atoms with E-state index >= 15 is 0 Å². The fourth-order valence-corrected chi connectivity index (χ4v) is 2.96. The Morgan fingerprint density at radius 3 is 2.22 bits per heavy atom. The third-order valence-electron chi connectivity index (χ3n) is 3.33. The zero-order valence-corrected chi connectivity index (χ0v) is 14.4. The molecule has 1 aliphatic heterocycles. The molecule has 0 bridgehead atoms. The van der Waals surface area contributed by atoms with Gasteiger partial charge in [-0.25, -0.2) is 9.59 Å². The number of esters is 2. The van der Waals surface area contributed by atoms with E-state index in [-0.39, 0.29) is 17.8 Å². The van der Waals surface area contributed by atoms with Crippen molar-refractivity contribution in [2.45, 2.75) is 13.8 Å². The zero-order valence-electron chi connectivity index (χ0n) is 12.8. The molecular weight excluding hydrogens is 364 g/mol. The third-order valence-corrected chi connectivity index (χ3v) is 4.11. The first kappa shape index (κ1) is 17.2. The summed E-state index contributed by atoms with van der Waals surface area (Å²) < 4.78 is 10.4. The summed E-state index contributed by atoms with van der Waals surface area (Å²) in [5.74, 6) is -1.46. The van der Waals surface area contributed by atoms with Crippen LogP contribution in [0.15, 0.2) is 41.6 Å². The second kappa shape index (κ2) is 7.41. The van der Waals surface area contributed by atoms with Crippen molar-refractivity contribution in [3.05, 3.63) is 42.1 Å². The number of halogens is 1. The second-order valence-corrected chi connectivity index (χ2v) is 5.40. The Bertz CT molecular complexity index is 637. The van der Waals surface area contributed by atoms with Crippen molar-refractivity contribution in [1.82, 2.24) is 5.43 Å². The highest BCUT2D eigenvalue weighted by Gasteiger charge is 2.57. The normalized spacial score (nSPS) is 15.8. The Hall–Kier alpha value is -2.15. The van der Waals surface area contributed by atoms with Crippen LogP contribution >= 0.6 is 15.9 Å². The molecule has 1 heterocycles. The number of carbonyl (C=O) groups is 2. The Labute approximate surface area is 142 Å². The molecule has 0 aromatic heterocycles. The van der Waals surface area contributed by atoms with Gasteiger partial charge in [-0.05, 0) is 35.3 Å². The summed E-state index contributed by atoms with van der Waals surface area (Å²) in [4.78, 5) is 25.5. The lowest BCUT2D eigenvalue weighted by atomic mass is 9.77. The van der Waals surface area contributed by atoms with Crippen LogP contribution in [0.3, 0.4) is 0 Å². The van der Waals surface area contributed by atoms with E-state index in [2.05, 4.69) is 26.5 Å². The molecule has 23 heavy (non-hydrogen) atoms. The smallest absolute Gasteiger partial charge is 0.335 e. The molecule has 2 rings (SSSR count). The minimum absolute atomic E-state index is 0.100. The van der Waals surface area contributed by atoms with E-state index in [0.717, 1.165) is 0 Å². The van der Waals surface area contributed by atoms with Crippen molar-refractivity contribution in [3.63, 3.8) is 0 Å². The monoisotopic (exact) mass is 380 g/mol. The van der Waals surface area contributed by atoms with Gasteiger partial charge in [0.2, 0.25) is 5.41 Å². The summed E-state index contributed by atoms with van der Waals surface area (Å²) >= 11 is 3.24. The van der Waals surface area contributed by atoms with Crippen molar-refractivity contribution in [3.8, 4) is 0 Å². The number of ether oxygens (including phenoxy) is 2. The molecule has 0 saturated carbocycles. The first-order valence-electron chi connectivity index (χ1n) is 7.18. The highest BCUT2D eigenvalue weighted by Crippen LogP contribution is 2.42. The summed E-state index contributed by atoms with van der Waals surface area (Å²) in [5, 5.41) is 3.97. The predicted molar refractivity (Wildman–Crippen MR) is 89.6 cm³/mol. The first-order valence-corrected chi connectivity index (χ1v) is 7.98. The average Bonchev–Trinajstić information content (AvgIpc) is 2.55. The molecule has 0 amide bonds. The molecule has 122 valence electrons. The molecule has 0 unspecified atom stereocenters. The third kappa shape index (κ3) is 3.01. The van der Waals surface area contributed by atoms with Crippen LogP contribution in [0.25, 0.3) is 5.57 Å². The van der Waals surface area contributed by atoms with Crippen LogP contribution in [0.5, 0.6) is 0 Å². The maximum atomic E-state index is 12.7. The van der Waals surface area contributed by atoms with Gasteiger partial charge in [-0.1, -0.05) is 30.3 Å². The summed E-state index contributed by atoms with van der Waals surface area (Å²) in [6.07, 6.45) is 1.51. The number of hydrogen-bond acceptors (Lipinski definition) is 6. The van der Waals surface area contributed by atoms with Gasteiger partial charge in [-0.15, -0.1) is 0 Å². The molecule has 7 heteroatoms. The molecule has 1 N–H and O–H groups in total. The standard InChI is InChI=1S/C16H17BrN2O4/c1-3-22-14(20)16(15(21)23-4-2)12(10-18-19-13(16)17)11-8-6-5-7-9-11/h5-10,18H,3-4H2,1-2H3. The van der Waals surface area contributed by atoms with E-state index in [0.29, 0.717) is 11.1 Å². The summed E-state index contributed by atoms with van der Waals surface area (Å²) in [5.41, 5.74) is 2.02. The SMILES string of the molecule is CCOC(=O)C1(C(=O)OCC)C(c2ccccc2)=CNN=C1Br. The van der Waals surface area contributed by atoms with E-state index in [4.69, 9.17) is 9.47 Å². The molecule has 0 atom stereocenters. The number of hydrazone groups is 1. The molecule has 6 nitrogen and oxygen atoms in total. The van der Waals surface area contributed by atoms with Crippen LogP contribution in [0.4, 0.5) is 0 Å². The summed E-state index contributed by atoms with van der Waals surface area (Å²) in [7, 11) is 0. The summed E-state index contributed by atoms with van der Waals surface area (Å²) in [6.45, 7) is 3.62. The Morgan fingerprint density at radius 1 is 1.13 bits per heavy atom. The van der Waals surface area contributed by atoms with E-state index in [9.17, 15) is 9.59 Å². The largest absolute Gasteiger partial charge is 0.465 e. The number of carbonyl (C=O) groups excluding carboxylic acids is 2. The Morgan fingerprint density at radius 2 is 1.70 bits per heavy atom. The lowest BCUT2D eigenvalue weighted by Gasteiger charge is -2.32. The van der Waals surface area contributed by atoms with Gasteiger partial charge in [0.05, 0.1) is 13.2 Å². The maximum absolute atomic E-state index is 12.7. The van der Waals surface area contributed by atoms with Crippen molar-refractivity contribution in [2.75, 3.05) is 13.2 Å². The maximum Gasteiger partial charge on any atom is 0.335 e. The van der Waals surface area contributed by atoms with Gasteiger partial charge < -0.3 is 9.47 Å². The number of rotatable bonds is 5. The van der Waals surface area contributed by atoms with Crippen LogP contribution in [-0.4, -0.2) is 29.8 Å². The van der Waals surface area contributed by atoms with Crippen molar-refractivity contribution < 1.29 is 19.1 Å². The highest BCUT2D eigenvalue weighted by atomic mass is 79.9. The fourth-order valence-electron chi connectivity index (χ4n) is 2.32.